The number of nitrogens with one attached hydrogen (secondary N) is 3. The van der Waals surface area contributed by atoms with Gasteiger partial charge in [0.05, 0.1) is 123 Å². The standard InChI is InChI=1S/C28H24F3N7O2.C20H22BF3N2O3.2C14H14ClN5O.C8H12N2O.C6H3BrClN3/c1-17-21(13-20(15-34-17)35-27(39)18-4-2-5-19(12-18)28(29,30)31)23-14-24(26-33-8-9-38(26)36-23)37-10-11-40-25(16-37)22-6-3-7-32-22;1-12-16(21-28-18(2,3)19(4,5)29-21)10-15(11-25-12)26-17(27)13-7-6-8-14(9-13)20(22,23)24;2*15-13-8-11(14-17-4-5-20(14)18-13)19-6-7-21-12(9-19)10-2-1-3-16-10;1-2-7(10-3-1)8-6-9-4-5-11-8;7-4-3-5(8)10-11-2-1-9-6(4)11/h2-5,7-9,12-15,25H,6,10-11,16H2,1H3,(H,35,39);6-11H,1-5H3,(H,26,27);2*1,3-5,8,12H,2,6-7,9H2;1,3,8-9H,2,4-6H2;1-3H. The van der Waals surface area contributed by atoms with Gasteiger partial charge >= 0.3 is 19.5 Å². The molecule has 2 aromatic carbocycles. The van der Waals surface area contributed by atoms with Crippen molar-refractivity contribution in [2.24, 2.45) is 20.0 Å². The lowest BCUT2D eigenvalue weighted by Crippen LogP contribution is -2.46. The van der Waals surface area contributed by atoms with Crippen LogP contribution in [0.25, 0.3) is 33.8 Å². The number of amides is 2. The molecule has 43 heteroatoms. The van der Waals surface area contributed by atoms with Crippen LogP contribution in [0.3, 0.4) is 0 Å². The molecule has 12 aromatic rings. The van der Waals surface area contributed by atoms with Gasteiger partial charge in [0.15, 0.2) is 38.0 Å². The predicted octanol–water partition coefficient (Wildman–Crippen LogP) is 15.3. The topological polar surface area (TPSA) is 331 Å². The summed E-state index contributed by atoms with van der Waals surface area (Å²) >= 11 is 21.2. The van der Waals surface area contributed by atoms with Gasteiger partial charge in [0, 0.05) is 198 Å². The molecule has 0 radical (unpaired) electrons. The number of aliphatic imine (C=N–C) groups is 4. The Kier molecular flexibility index (Phi) is 29.1. The Balaban J connectivity index is 0.000000123. The maximum atomic E-state index is 13.1. The Morgan fingerprint density at radius 1 is 0.481 bits per heavy atom. The first-order valence-electron chi connectivity index (χ1n) is 42.5. The lowest BCUT2D eigenvalue weighted by atomic mass is 9.78. The van der Waals surface area contributed by atoms with Crippen molar-refractivity contribution in [3.8, 4) is 11.3 Å². The Labute approximate surface area is 782 Å². The second kappa shape index (κ2) is 41.2. The third-order valence-corrected chi connectivity index (χ3v) is 24.1. The molecule has 5 saturated heterocycles. The van der Waals surface area contributed by atoms with Gasteiger partial charge in [-0.1, -0.05) is 71.2 Å². The molecule has 0 aliphatic carbocycles. The van der Waals surface area contributed by atoms with Gasteiger partial charge in [-0.25, -0.2) is 38.0 Å². The average molecular weight is 1950 g/mol. The number of nitrogens with zero attached hydrogens (tertiary/aromatic N) is 21. The minimum absolute atomic E-state index is 0.0238. The van der Waals surface area contributed by atoms with Crippen LogP contribution in [0, 0.1) is 13.8 Å². The average Bonchev–Trinajstić information content (AvgIpc) is 1.52. The summed E-state index contributed by atoms with van der Waals surface area (Å²) < 4.78 is 121. The predicted molar refractivity (Wildman–Crippen MR) is 499 cm³/mol. The third-order valence-electron chi connectivity index (χ3n) is 23.0. The number of hydrogen-bond acceptors (Lipinski definition) is 26. The molecule has 0 saturated carbocycles. The summed E-state index contributed by atoms with van der Waals surface area (Å²) in [6, 6.07) is 19.3. The second-order valence-electron chi connectivity index (χ2n) is 32.4. The van der Waals surface area contributed by atoms with Gasteiger partial charge < -0.3 is 58.9 Å². The fraction of sp³-hybridized carbons (Fsp3) is 0.333. The van der Waals surface area contributed by atoms with Crippen molar-refractivity contribution in [2.75, 3.05) is 104 Å². The van der Waals surface area contributed by atoms with Crippen LogP contribution in [0.2, 0.25) is 15.5 Å². The van der Waals surface area contributed by atoms with Crippen LogP contribution in [0.5, 0.6) is 0 Å². The number of carbonyl (C=O) groups is 2. The summed E-state index contributed by atoms with van der Waals surface area (Å²) in [5, 5.41) is 27.0. The minimum atomic E-state index is -4.55. The molecule has 9 aliphatic rings. The Morgan fingerprint density at radius 3 is 1.29 bits per heavy atom. The zero-order valence-electron chi connectivity index (χ0n) is 72.6. The van der Waals surface area contributed by atoms with Crippen LogP contribution in [0.1, 0.15) is 96.6 Å². The molecule has 4 unspecified atom stereocenters. The molecule has 5 fully saturated rings. The largest absolute Gasteiger partial charge is 0.496 e. The van der Waals surface area contributed by atoms with Crippen LogP contribution < -0.4 is 36.1 Å². The number of imidazole rings is 4. The van der Waals surface area contributed by atoms with Crippen molar-refractivity contribution in [2.45, 2.75) is 115 Å². The van der Waals surface area contributed by atoms with E-state index in [4.69, 9.17) is 68.2 Å². The van der Waals surface area contributed by atoms with Crippen molar-refractivity contribution in [3.63, 3.8) is 0 Å². The number of alkyl halides is 6. The van der Waals surface area contributed by atoms with Crippen LogP contribution in [0.15, 0.2) is 220 Å². The number of rotatable bonds is 13. The van der Waals surface area contributed by atoms with E-state index in [9.17, 15) is 35.9 Å². The summed E-state index contributed by atoms with van der Waals surface area (Å²) in [6.07, 6.45) is 26.8. The summed E-state index contributed by atoms with van der Waals surface area (Å²) in [5.74, 6) is -1.34. The molecular weight excluding hydrogens is 1860 g/mol. The molecule has 4 atom stereocenters. The van der Waals surface area contributed by atoms with Crippen molar-refractivity contribution < 1.29 is 64.2 Å². The van der Waals surface area contributed by atoms with E-state index in [2.05, 4.69) is 118 Å². The second-order valence-corrected chi connectivity index (χ2v) is 34.5. The Hall–Kier alpha value is -12.1. The highest BCUT2D eigenvalue weighted by Crippen LogP contribution is 2.39. The molecule has 690 valence electrons. The lowest BCUT2D eigenvalue weighted by Gasteiger charge is -2.34. The van der Waals surface area contributed by atoms with Crippen LogP contribution in [-0.4, -0.2) is 225 Å². The van der Waals surface area contributed by atoms with Crippen molar-refractivity contribution in [3.05, 3.63) is 250 Å². The molecule has 9 aliphatic heterocycles. The highest BCUT2D eigenvalue weighted by atomic mass is 79.9. The van der Waals surface area contributed by atoms with Gasteiger partial charge in [0.25, 0.3) is 11.8 Å². The maximum Gasteiger partial charge on any atom is 0.496 e. The maximum absolute atomic E-state index is 13.1. The first-order chi connectivity index (χ1) is 63.9. The van der Waals surface area contributed by atoms with Crippen molar-refractivity contribution in [1.29, 1.82) is 0 Å². The van der Waals surface area contributed by atoms with E-state index < -0.39 is 53.6 Å². The molecule has 21 rings (SSSR count). The van der Waals surface area contributed by atoms with Gasteiger partial charge in [-0.05, 0) is 118 Å². The van der Waals surface area contributed by atoms with E-state index in [-0.39, 0.29) is 35.5 Å². The summed E-state index contributed by atoms with van der Waals surface area (Å²) in [5.41, 5.74) is 11.1. The zero-order chi connectivity index (χ0) is 93.3. The molecule has 19 heterocycles. The number of benzene rings is 2. The monoisotopic (exact) mass is 1940 g/mol. The molecule has 0 bridgehead atoms. The van der Waals surface area contributed by atoms with Crippen LogP contribution >= 0.6 is 50.7 Å². The van der Waals surface area contributed by atoms with Crippen LogP contribution in [-0.2, 0) is 40.6 Å². The molecule has 133 heavy (non-hydrogen) atoms. The van der Waals surface area contributed by atoms with Crippen molar-refractivity contribution >= 4 is 149 Å². The third kappa shape index (κ3) is 22.7. The van der Waals surface area contributed by atoms with Gasteiger partial charge in [0.1, 0.15) is 24.4 Å². The van der Waals surface area contributed by atoms with Gasteiger partial charge in [-0.3, -0.25) is 39.5 Å². The van der Waals surface area contributed by atoms with Gasteiger partial charge in [-0.15, -0.1) is 0 Å². The first kappa shape index (κ1) is 94.1. The minimum Gasteiger partial charge on any atom is -0.399 e. The number of morpholine rings is 4. The van der Waals surface area contributed by atoms with E-state index in [1.807, 2.05) is 89.6 Å². The Morgan fingerprint density at radius 2 is 0.872 bits per heavy atom. The fourth-order valence-corrected chi connectivity index (χ4v) is 16.6. The van der Waals surface area contributed by atoms with E-state index in [1.165, 1.54) is 36.7 Å². The SMILES string of the molecule is C1=CN=C(C2CNCCO2)C1.Cc1ncc(NC(=O)c2cccc(C(F)(F)F)c2)cc1-c1cc(N2CCOC(C3=NC=CC3)C2)c2nccn2n1.Cc1ncc(NC(=O)c2cccc(C(F)(F)F)c2)cc1B1OC(C)(C)C(C)(C)O1.Clc1cc(Br)c2nccn2n1.Clc1cc(N2CCOC(C3=NC=CC3)C2)c2nccn2n1.Clc1cc(N2CCOC(C3=NC=CC3)C2)c2nccn2n1. The smallest absolute Gasteiger partial charge is 0.399 e. The number of pyridine rings is 2. The number of hydrogen-bond donors (Lipinski definition) is 3. The number of aromatic nitrogens is 14. The highest BCUT2D eigenvalue weighted by molar-refractivity contribution is 9.10. The van der Waals surface area contributed by atoms with E-state index in [0.717, 1.165) is 157 Å². The van der Waals surface area contributed by atoms with Gasteiger partial charge in [0.2, 0.25) is 0 Å². The number of allylic oxidation sites excluding steroid dienone is 4. The molecule has 10 aromatic heterocycles. The Bertz CT molecular complexity index is 6410. The van der Waals surface area contributed by atoms with Crippen LogP contribution in [0.4, 0.5) is 54.8 Å². The number of aryl methyl sites for hydroxylation is 2. The van der Waals surface area contributed by atoms with E-state index >= 15 is 0 Å². The number of fused-ring (bicyclic) bond motifs is 4. The number of anilines is 5. The molecule has 3 N–H and O–H groups in total. The van der Waals surface area contributed by atoms with E-state index in [1.54, 1.807) is 99.0 Å². The lowest BCUT2D eigenvalue weighted by molar-refractivity contribution is -0.138. The molecule has 0 spiro atoms. The first-order valence-corrected chi connectivity index (χ1v) is 44.4. The van der Waals surface area contributed by atoms with Gasteiger partial charge in [-0.2, -0.15) is 46.7 Å². The highest BCUT2D eigenvalue weighted by Gasteiger charge is 2.52. The zero-order valence-corrected chi connectivity index (χ0v) is 76.5. The fourth-order valence-electron chi connectivity index (χ4n) is 15.4. The molecular formula is C90H89BBrCl3F6N24O8. The van der Waals surface area contributed by atoms with E-state index in [0.29, 0.717) is 93.5 Å². The molecule has 2 amide bonds. The molecule has 32 nitrogen and oxygen atoms in total. The number of ether oxygens (including phenoxy) is 4. The van der Waals surface area contributed by atoms with Crippen molar-refractivity contribution in [1.82, 2.24) is 73.7 Å². The summed E-state index contributed by atoms with van der Waals surface area (Å²) in [7, 11) is -0.669. The number of carbonyl (C=O) groups excluding carboxylic acids is 2. The quantitative estimate of drug-likeness (QED) is 0.0713. The number of halogens is 10. The summed E-state index contributed by atoms with van der Waals surface area (Å²) in [4.78, 5) is 75.4. The normalized spacial score (nSPS) is 19.5. The summed E-state index contributed by atoms with van der Waals surface area (Å²) in [6.45, 7) is 20.3.